The summed E-state index contributed by atoms with van der Waals surface area (Å²) in [6.07, 6.45) is 7.71. The van der Waals surface area contributed by atoms with Crippen LogP contribution in [0.3, 0.4) is 0 Å². The highest BCUT2D eigenvalue weighted by molar-refractivity contribution is 5.83. The minimum Gasteiger partial charge on any atom is -0.381 e. The fraction of sp³-hybridized carbons (Fsp3) is 0.440. The first kappa shape index (κ1) is 19.2. The van der Waals surface area contributed by atoms with Crippen molar-refractivity contribution in [2.75, 3.05) is 26.3 Å². The summed E-state index contributed by atoms with van der Waals surface area (Å²) >= 11 is 0. The second-order valence-corrected chi connectivity index (χ2v) is 9.00. The molecule has 162 valence electrons. The molecule has 2 N–H and O–H groups in total. The zero-order valence-electron chi connectivity index (χ0n) is 17.7. The Morgan fingerprint density at radius 2 is 1.87 bits per heavy atom. The van der Waals surface area contributed by atoms with E-state index in [-0.39, 0.29) is 0 Å². The Hall–Kier alpha value is -2.54. The van der Waals surface area contributed by atoms with Gasteiger partial charge in [-0.2, -0.15) is 0 Å². The highest BCUT2D eigenvalue weighted by Gasteiger charge is 2.32. The van der Waals surface area contributed by atoms with E-state index in [2.05, 4.69) is 58.1 Å². The van der Waals surface area contributed by atoms with Crippen molar-refractivity contribution in [3.05, 3.63) is 59.3 Å². The summed E-state index contributed by atoms with van der Waals surface area (Å²) in [5, 5.41) is 1.34. The van der Waals surface area contributed by atoms with E-state index in [1.165, 1.54) is 40.4 Å². The standard InChI is InChI=1S/C25H29N3O3/c1-2-4-22-20(3-1)19(15-26-22)5-6-23-21-14-25-24(30-27-31-25)13-18(21)7-10-28(23)16-17-8-11-29-12-9-17/h1-4,13-15,17,23,26-27H,5-12,16H2/t23-/m1/s1. The lowest BCUT2D eigenvalue weighted by Crippen LogP contribution is -2.40. The maximum atomic E-state index is 5.60. The van der Waals surface area contributed by atoms with E-state index < -0.39 is 0 Å². The average molecular weight is 420 g/mol. The minimum absolute atomic E-state index is 0.384. The van der Waals surface area contributed by atoms with Crippen LogP contribution in [0.5, 0.6) is 11.5 Å². The molecule has 3 aromatic rings. The number of aryl methyl sites for hydroxylation is 1. The van der Waals surface area contributed by atoms with Gasteiger partial charge in [-0.1, -0.05) is 18.2 Å². The highest BCUT2D eigenvalue weighted by atomic mass is 16.9. The van der Waals surface area contributed by atoms with Gasteiger partial charge in [0.2, 0.25) is 0 Å². The molecule has 6 nitrogen and oxygen atoms in total. The molecule has 1 atom stereocenters. The topological polar surface area (TPSA) is 58.8 Å². The van der Waals surface area contributed by atoms with Gasteiger partial charge in [-0.25, -0.2) is 0 Å². The van der Waals surface area contributed by atoms with E-state index in [9.17, 15) is 0 Å². The number of aromatic amines is 1. The Bertz CT molecular complexity index is 1070. The SMILES string of the molecule is c1ccc2c(CC[C@@H]3c4cc5c(cc4CCN3CC3CCOCC3)ONO5)c[nH]c2c1. The Kier molecular flexibility index (Phi) is 5.06. The number of H-pyrrole nitrogens is 1. The molecule has 4 heterocycles. The molecule has 1 saturated heterocycles. The second-order valence-electron chi connectivity index (χ2n) is 9.00. The van der Waals surface area contributed by atoms with Crippen molar-refractivity contribution < 1.29 is 14.4 Å². The van der Waals surface area contributed by atoms with Gasteiger partial charge >= 0.3 is 0 Å². The largest absolute Gasteiger partial charge is 0.381 e. The van der Waals surface area contributed by atoms with Crippen molar-refractivity contribution in [2.24, 2.45) is 5.92 Å². The number of para-hydroxylation sites is 1. The normalized spacial score (nSPS) is 21.5. The van der Waals surface area contributed by atoms with Gasteiger partial charge < -0.3 is 19.4 Å². The minimum atomic E-state index is 0.384. The van der Waals surface area contributed by atoms with Gasteiger partial charge in [0.15, 0.2) is 11.5 Å². The van der Waals surface area contributed by atoms with Crippen LogP contribution in [0.1, 0.15) is 42.0 Å². The van der Waals surface area contributed by atoms with E-state index >= 15 is 0 Å². The van der Waals surface area contributed by atoms with E-state index in [0.29, 0.717) is 6.04 Å². The van der Waals surface area contributed by atoms with Crippen molar-refractivity contribution in [2.45, 2.75) is 38.1 Å². The van der Waals surface area contributed by atoms with Crippen LogP contribution >= 0.6 is 0 Å². The molecule has 31 heavy (non-hydrogen) atoms. The van der Waals surface area contributed by atoms with Crippen LogP contribution in [0.4, 0.5) is 0 Å². The summed E-state index contributed by atoms with van der Waals surface area (Å²) in [7, 11) is 0. The number of hydrogen-bond acceptors (Lipinski definition) is 5. The van der Waals surface area contributed by atoms with Gasteiger partial charge in [-0.3, -0.25) is 4.90 Å². The van der Waals surface area contributed by atoms with Crippen molar-refractivity contribution in [3.63, 3.8) is 0 Å². The monoisotopic (exact) mass is 419 g/mol. The number of aromatic nitrogens is 1. The number of nitrogens with zero attached hydrogens (tertiary/aromatic N) is 1. The number of hydrogen-bond donors (Lipinski definition) is 2. The molecule has 3 aliphatic rings. The van der Waals surface area contributed by atoms with E-state index in [0.717, 1.165) is 63.0 Å². The van der Waals surface area contributed by atoms with Crippen molar-refractivity contribution in [1.82, 2.24) is 15.5 Å². The molecule has 6 heteroatoms. The van der Waals surface area contributed by atoms with Crippen LogP contribution in [-0.4, -0.2) is 36.2 Å². The molecule has 6 rings (SSSR count). The van der Waals surface area contributed by atoms with Crippen LogP contribution in [-0.2, 0) is 17.6 Å². The molecule has 0 bridgehead atoms. The molecule has 0 spiro atoms. The molecule has 0 amide bonds. The van der Waals surface area contributed by atoms with Gasteiger partial charge in [0.05, 0.1) is 0 Å². The van der Waals surface area contributed by atoms with Crippen molar-refractivity contribution in [1.29, 1.82) is 0 Å². The molecule has 3 aliphatic heterocycles. The van der Waals surface area contributed by atoms with Gasteiger partial charge in [-0.15, -0.1) is 0 Å². The first-order valence-electron chi connectivity index (χ1n) is 11.5. The Balaban J connectivity index is 1.29. The second kappa shape index (κ2) is 8.19. The molecular formula is C25H29N3O3. The lowest BCUT2D eigenvalue weighted by atomic mass is 9.87. The smallest absolute Gasteiger partial charge is 0.196 e. The summed E-state index contributed by atoms with van der Waals surface area (Å²) in [4.78, 5) is 17.0. The van der Waals surface area contributed by atoms with Crippen LogP contribution in [0.15, 0.2) is 42.6 Å². The summed E-state index contributed by atoms with van der Waals surface area (Å²) in [5.74, 6) is 2.32. The van der Waals surface area contributed by atoms with Gasteiger partial charge in [0.25, 0.3) is 0 Å². The molecule has 0 unspecified atom stereocenters. The number of nitrogens with one attached hydrogen (secondary N) is 2. The number of benzene rings is 2. The lowest BCUT2D eigenvalue weighted by Gasteiger charge is -2.40. The molecule has 0 aliphatic carbocycles. The average Bonchev–Trinajstić information content (AvgIpc) is 3.44. The molecule has 1 aromatic heterocycles. The van der Waals surface area contributed by atoms with Gasteiger partial charge in [0.1, 0.15) is 0 Å². The van der Waals surface area contributed by atoms with Crippen LogP contribution in [0, 0.1) is 5.92 Å². The zero-order valence-corrected chi connectivity index (χ0v) is 17.7. The predicted molar refractivity (Wildman–Crippen MR) is 119 cm³/mol. The maximum Gasteiger partial charge on any atom is 0.196 e. The fourth-order valence-corrected chi connectivity index (χ4v) is 5.48. The summed E-state index contributed by atoms with van der Waals surface area (Å²) < 4.78 is 5.60. The number of ether oxygens (including phenoxy) is 1. The third-order valence-corrected chi connectivity index (χ3v) is 7.17. The highest BCUT2D eigenvalue weighted by Crippen LogP contribution is 2.42. The Morgan fingerprint density at radius 3 is 2.77 bits per heavy atom. The molecule has 0 saturated carbocycles. The summed E-state index contributed by atoms with van der Waals surface area (Å²) in [6, 6.07) is 13.3. The van der Waals surface area contributed by atoms with Crippen LogP contribution in [0.25, 0.3) is 10.9 Å². The van der Waals surface area contributed by atoms with Crippen molar-refractivity contribution in [3.8, 4) is 11.5 Å². The Morgan fingerprint density at radius 1 is 1.03 bits per heavy atom. The van der Waals surface area contributed by atoms with Crippen LogP contribution in [0.2, 0.25) is 0 Å². The number of rotatable bonds is 5. The first-order chi connectivity index (χ1) is 15.3. The van der Waals surface area contributed by atoms with Crippen LogP contribution < -0.4 is 15.3 Å². The molecule has 1 fully saturated rings. The first-order valence-corrected chi connectivity index (χ1v) is 11.5. The molecular weight excluding hydrogens is 390 g/mol. The lowest BCUT2D eigenvalue weighted by molar-refractivity contribution is 0.0259. The maximum absolute atomic E-state index is 5.60. The quantitative estimate of drug-likeness (QED) is 0.645. The summed E-state index contributed by atoms with van der Waals surface area (Å²) in [6.45, 7) is 4.04. The fourth-order valence-electron chi connectivity index (χ4n) is 5.48. The Labute approximate surface area is 182 Å². The summed E-state index contributed by atoms with van der Waals surface area (Å²) in [5.41, 5.74) is 7.94. The molecule has 0 radical (unpaired) electrons. The zero-order chi connectivity index (χ0) is 20.6. The predicted octanol–water partition coefficient (Wildman–Crippen LogP) is 4.32. The van der Waals surface area contributed by atoms with Gasteiger partial charge in [0, 0.05) is 55.1 Å². The van der Waals surface area contributed by atoms with Crippen molar-refractivity contribution >= 4 is 10.9 Å². The van der Waals surface area contributed by atoms with E-state index in [1.807, 2.05) is 0 Å². The third-order valence-electron chi connectivity index (χ3n) is 7.17. The third kappa shape index (κ3) is 3.69. The van der Waals surface area contributed by atoms with Gasteiger partial charge in [-0.05, 0) is 72.9 Å². The van der Waals surface area contributed by atoms with E-state index in [4.69, 9.17) is 14.4 Å². The number of fused-ring (bicyclic) bond motifs is 3. The van der Waals surface area contributed by atoms with E-state index in [1.54, 1.807) is 0 Å². The molecule has 2 aromatic carbocycles.